The third kappa shape index (κ3) is 3.34. The van der Waals surface area contributed by atoms with E-state index in [0.717, 1.165) is 25.2 Å². The maximum atomic E-state index is 11.3. The van der Waals surface area contributed by atoms with Gasteiger partial charge < -0.3 is 16.0 Å². The second-order valence-corrected chi connectivity index (χ2v) is 4.79. The summed E-state index contributed by atoms with van der Waals surface area (Å²) in [5.74, 6) is 0.133. The van der Waals surface area contributed by atoms with Crippen LogP contribution < -0.4 is 16.0 Å². The Morgan fingerprint density at radius 2 is 2.30 bits per heavy atom. The molecule has 106 valence electrons. The van der Waals surface area contributed by atoms with Gasteiger partial charge in [0.1, 0.15) is 5.82 Å². The van der Waals surface area contributed by atoms with Crippen LogP contribution in [0.1, 0.15) is 12.8 Å². The van der Waals surface area contributed by atoms with Gasteiger partial charge in [-0.05, 0) is 31.1 Å². The maximum Gasteiger partial charge on any atom is 0.247 e. The normalized spacial score (nSPS) is 18.4. The number of carbonyl (C=O) groups is 2. The summed E-state index contributed by atoms with van der Waals surface area (Å²) in [4.78, 5) is 28.8. The molecule has 1 fully saturated rings. The lowest BCUT2D eigenvalue weighted by molar-refractivity contribution is -0.122. The number of hydrogen-bond donors (Lipinski definition) is 2. The Bertz CT molecular complexity index is 512. The first kappa shape index (κ1) is 14.0. The second kappa shape index (κ2) is 6.18. The number of piperidine rings is 1. The second-order valence-electron chi connectivity index (χ2n) is 4.79. The topological polar surface area (TPSA) is 88.3 Å². The van der Waals surface area contributed by atoms with Crippen LogP contribution in [0.25, 0.3) is 0 Å². The number of anilines is 2. The van der Waals surface area contributed by atoms with Crippen molar-refractivity contribution in [3.63, 3.8) is 0 Å². The fourth-order valence-corrected chi connectivity index (χ4v) is 2.26. The Morgan fingerprint density at radius 3 is 2.90 bits per heavy atom. The highest BCUT2D eigenvalue weighted by molar-refractivity contribution is 5.98. The lowest BCUT2D eigenvalue weighted by Crippen LogP contribution is -2.41. The fraction of sp³-hybridized carbons (Fsp3) is 0.357. The summed E-state index contributed by atoms with van der Waals surface area (Å²) in [7, 11) is 0. The number of primary amides is 1. The average Bonchev–Trinajstić information content (AvgIpc) is 2.48. The van der Waals surface area contributed by atoms with E-state index in [4.69, 9.17) is 5.73 Å². The summed E-state index contributed by atoms with van der Waals surface area (Å²) >= 11 is 0. The van der Waals surface area contributed by atoms with Gasteiger partial charge in [-0.25, -0.2) is 4.98 Å². The number of carbonyl (C=O) groups excluding carboxylic acids is 2. The number of nitrogens with zero attached hydrogens (tertiary/aromatic N) is 2. The molecule has 0 bridgehead atoms. The highest BCUT2D eigenvalue weighted by Gasteiger charge is 2.24. The van der Waals surface area contributed by atoms with Crippen molar-refractivity contribution in [2.75, 3.05) is 23.3 Å². The Hall–Kier alpha value is -2.37. The zero-order chi connectivity index (χ0) is 14.5. The van der Waals surface area contributed by atoms with Crippen LogP contribution in [0.3, 0.4) is 0 Å². The lowest BCUT2D eigenvalue weighted by Gasteiger charge is -2.32. The monoisotopic (exact) mass is 274 g/mol. The third-order valence-corrected chi connectivity index (χ3v) is 3.35. The summed E-state index contributed by atoms with van der Waals surface area (Å²) in [6.45, 7) is 4.84. The highest BCUT2D eigenvalue weighted by atomic mass is 16.1. The predicted molar refractivity (Wildman–Crippen MR) is 77.2 cm³/mol. The number of aromatic nitrogens is 1. The molecule has 0 radical (unpaired) electrons. The van der Waals surface area contributed by atoms with E-state index in [1.807, 2.05) is 11.0 Å². The molecule has 1 aliphatic heterocycles. The van der Waals surface area contributed by atoms with Gasteiger partial charge in [-0.3, -0.25) is 9.59 Å². The molecule has 2 heterocycles. The smallest absolute Gasteiger partial charge is 0.247 e. The molecule has 1 saturated heterocycles. The van der Waals surface area contributed by atoms with Gasteiger partial charge in [-0.15, -0.1) is 0 Å². The number of rotatable bonds is 4. The van der Waals surface area contributed by atoms with E-state index in [-0.39, 0.29) is 17.7 Å². The van der Waals surface area contributed by atoms with Gasteiger partial charge >= 0.3 is 0 Å². The quantitative estimate of drug-likeness (QED) is 0.799. The van der Waals surface area contributed by atoms with Crippen LogP contribution >= 0.6 is 0 Å². The molecule has 6 nitrogen and oxygen atoms in total. The van der Waals surface area contributed by atoms with E-state index in [2.05, 4.69) is 16.9 Å². The molecule has 1 aromatic heterocycles. The van der Waals surface area contributed by atoms with Gasteiger partial charge in [-0.1, -0.05) is 6.58 Å². The Morgan fingerprint density at radius 1 is 1.50 bits per heavy atom. The zero-order valence-corrected chi connectivity index (χ0v) is 11.2. The number of hydrogen-bond acceptors (Lipinski definition) is 4. The first-order chi connectivity index (χ1) is 9.60. The first-order valence-electron chi connectivity index (χ1n) is 6.54. The molecule has 1 aromatic rings. The summed E-state index contributed by atoms with van der Waals surface area (Å²) in [6, 6.07) is 3.60. The molecule has 3 N–H and O–H groups in total. The minimum Gasteiger partial charge on any atom is -0.369 e. The third-order valence-electron chi connectivity index (χ3n) is 3.35. The number of nitrogens with one attached hydrogen (secondary N) is 1. The van der Waals surface area contributed by atoms with Gasteiger partial charge in [0.05, 0.1) is 17.8 Å². The molecule has 1 aliphatic rings. The minimum atomic E-state index is -0.272. The molecule has 0 aliphatic carbocycles. The Kier molecular flexibility index (Phi) is 4.34. The van der Waals surface area contributed by atoms with Crippen LogP contribution in [0.15, 0.2) is 31.0 Å². The van der Waals surface area contributed by atoms with E-state index >= 15 is 0 Å². The molecule has 20 heavy (non-hydrogen) atoms. The van der Waals surface area contributed by atoms with E-state index in [0.29, 0.717) is 12.2 Å². The molecule has 2 rings (SSSR count). The van der Waals surface area contributed by atoms with Crippen molar-refractivity contribution in [3.05, 3.63) is 31.0 Å². The molecule has 1 atom stereocenters. The minimum absolute atomic E-state index is 0.120. The van der Waals surface area contributed by atoms with Gasteiger partial charge in [0.25, 0.3) is 0 Å². The van der Waals surface area contributed by atoms with Crippen molar-refractivity contribution >= 4 is 23.3 Å². The van der Waals surface area contributed by atoms with E-state index < -0.39 is 0 Å². The van der Waals surface area contributed by atoms with Crippen molar-refractivity contribution in [1.29, 1.82) is 0 Å². The van der Waals surface area contributed by atoms with Crippen LogP contribution in [-0.4, -0.2) is 29.9 Å². The average molecular weight is 274 g/mol. The number of pyridine rings is 1. The van der Waals surface area contributed by atoms with Crippen LogP contribution in [0.5, 0.6) is 0 Å². The molecule has 6 heteroatoms. The van der Waals surface area contributed by atoms with E-state index in [1.165, 1.54) is 6.08 Å². The Balaban J connectivity index is 2.04. The van der Waals surface area contributed by atoms with Crippen LogP contribution in [0, 0.1) is 5.92 Å². The van der Waals surface area contributed by atoms with E-state index in [9.17, 15) is 9.59 Å². The molecular weight excluding hydrogens is 256 g/mol. The van der Waals surface area contributed by atoms with Crippen LogP contribution in [-0.2, 0) is 9.59 Å². The van der Waals surface area contributed by atoms with Crippen LogP contribution in [0.2, 0.25) is 0 Å². The van der Waals surface area contributed by atoms with Crippen molar-refractivity contribution in [2.24, 2.45) is 11.7 Å². The number of nitrogens with two attached hydrogens (primary N) is 1. The molecule has 0 aromatic carbocycles. The fourth-order valence-electron chi connectivity index (χ4n) is 2.26. The molecule has 0 saturated carbocycles. The summed E-state index contributed by atoms with van der Waals surface area (Å²) in [6.07, 6.45) is 4.55. The van der Waals surface area contributed by atoms with Crippen molar-refractivity contribution in [2.45, 2.75) is 12.8 Å². The lowest BCUT2D eigenvalue weighted by atomic mass is 9.97. The Labute approximate surface area is 117 Å². The standard InChI is InChI=1S/C14H18N4O2/c1-2-13(19)17-11-5-6-12(16-8-11)18-7-3-4-10(9-18)14(15)20/h2,5-6,8,10H,1,3-4,7,9H2,(H2,15,20)(H,17,19). The number of amides is 2. The first-order valence-corrected chi connectivity index (χ1v) is 6.54. The summed E-state index contributed by atoms with van der Waals surface area (Å²) in [5.41, 5.74) is 5.97. The maximum absolute atomic E-state index is 11.3. The molecule has 1 unspecified atom stereocenters. The molecule has 2 amide bonds. The van der Waals surface area contributed by atoms with Gasteiger partial charge in [0, 0.05) is 13.1 Å². The van der Waals surface area contributed by atoms with Crippen molar-refractivity contribution < 1.29 is 9.59 Å². The predicted octanol–water partition coefficient (Wildman–Crippen LogP) is 0.908. The van der Waals surface area contributed by atoms with Gasteiger partial charge in [0.15, 0.2) is 0 Å². The van der Waals surface area contributed by atoms with Crippen molar-refractivity contribution in [3.8, 4) is 0 Å². The largest absolute Gasteiger partial charge is 0.369 e. The van der Waals surface area contributed by atoms with Gasteiger partial charge in [-0.2, -0.15) is 0 Å². The summed E-state index contributed by atoms with van der Waals surface area (Å²) < 4.78 is 0. The molecular formula is C14H18N4O2. The summed E-state index contributed by atoms with van der Waals surface area (Å²) in [5, 5.41) is 2.64. The zero-order valence-electron chi connectivity index (χ0n) is 11.2. The SMILES string of the molecule is C=CC(=O)Nc1ccc(N2CCCC(C(N)=O)C2)nc1. The van der Waals surface area contributed by atoms with Crippen molar-refractivity contribution in [1.82, 2.24) is 4.98 Å². The molecule has 0 spiro atoms. The van der Waals surface area contributed by atoms with E-state index in [1.54, 1.807) is 12.3 Å². The van der Waals surface area contributed by atoms with Crippen LogP contribution in [0.4, 0.5) is 11.5 Å². The highest BCUT2D eigenvalue weighted by Crippen LogP contribution is 2.22. The van der Waals surface area contributed by atoms with Gasteiger partial charge in [0.2, 0.25) is 11.8 Å².